The van der Waals surface area contributed by atoms with Crippen molar-refractivity contribution in [1.29, 1.82) is 0 Å². The lowest BCUT2D eigenvalue weighted by molar-refractivity contribution is 0.0697. The second-order valence-corrected chi connectivity index (χ2v) is 4.04. The van der Waals surface area contributed by atoms with Gasteiger partial charge >= 0.3 is 5.97 Å². The van der Waals surface area contributed by atoms with Crippen LogP contribution < -0.4 is 5.32 Å². The first-order valence-electron chi connectivity index (χ1n) is 5.87. The van der Waals surface area contributed by atoms with E-state index in [2.05, 4.69) is 12.2 Å². The predicted molar refractivity (Wildman–Crippen MR) is 66.0 cm³/mol. The van der Waals surface area contributed by atoms with Crippen molar-refractivity contribution < 1.29 is 14.3 Å². The van der Waals surface area contributed by atoms with Gasteiger partial charge in [-0.2, -0.15) is 0 Å². The van der Waals surface area contributed by atoms with Crippen molar-refractivity contribution >= 4 is 11.7 Å². The number of nitrogens with one attached hydrogen (secondary N) is 1. The van der Waals surface area contributed by atoms with E-state index in [1.165, 1.54) is 18.2 Å². The average molecular weight is 239 g/mol. The van der Waals surface area contributed by atoms with Gasteiger partial charge in [0, 0.05) is 6.04 Å². The molecule has 1 aromatic carbocycles. The summed E-state index contributed by atoms with van der Waals surface area (Å²) in [5.41, 5.74) is 0.366. The minimum Gasteiger partial charge on any atom is -0.478 e. The summed E-state index contributed by atoms with van der Waals surface area (Å²) >= 11 is 0. The van der Waals surface area contributed by atoms with E-state index in [0.717, 1.165) is 19.3 Å². The maximum atomic E-state index is 13.5. The highest BCUT2D eigenvalue weighted by atomic mass is 19.1. The van der Waals surface area contributed by atoms with Gasteiger partial charge in [0.05, 0.1) is 11.3 Å². The van der Waals surface area contributed by atoms with E-state index < -0.39 is 11.8 Å². The molecule has 17 heavy (non-hydrogen) atoms. The predicted octanol–water partition coefficient (Wildman–Crippen LogP) is 3.51. The zero-order valence-electron chi connectivity index (χ0n) is 10.2. The van der Waals surface area contributed by atoms with Gasteiger partial charge in [-0.15, -0.1) is 0 Å². The van der Waals surface area contributed by atoms with Crippen LogP contribution >= 0.6 is 0 Å². The van der Waals surface area contributed by atoms with Crippen molar-refractivity contribution in [2.45, 2.75) is 39.2 Å². The highest BCUT2D eigenvalue weighted by Crippen LogP contribution is 2.19. The molecule has 2 N–H and O–H groups in total. The topological polar surface area (TPSA) is 49.3 Å². The van der Waals surface area contributed by atoms with Crippen LogP contribution in [-0.4, -0.2) is 17.1 Å². The largest absolute Gasteiger partial charge is 0.478 e. The Labute approximate surface area is 101 Å². The minimum absolute atomic E-state index is 0.0975. The minimum atomic E-state index is -1.04. The molecule has 0 radical (unpaired) electrons. The van der Waals surface area contributed by atoms with Crippen LogP contribution in [0.1, 0.15) is 43.5 Å². The Kier molecular flexibility index (Phi) is 4.94. The number of hydrogen-bond donors (Lipinski definition) is 2. The fourth-order valence-corrected chi connectivity index (χ4v) is 1.72. The lowest BCUT2D eigenvalue weighted by Crippen LogP contribution is -2.19. The molecule has 0 aromatic heterocycles. The van der Waals surface area contributed by atoms with Gasteiger partial charge in [0.2, 0.25) is 0 Å². The number of rotatable bonds is 6. The lowest BCUT2D eigenvalue weighted by atomic mass is 10.1. The van der Waals surface area contributed by atoms with Gasteiger partial charge in [-0.3, -0.25) is 0 Å². The van der Waals surface area contributed by atoms with Gasteiger partial charge in [-0.1, -0.05) is 20.3 Å². The Morgan fingerprint density at radius 2 is 2.18 bits per heavy atom. The smallest absolute Gasteiger partial charge is 0.335 e. The number of carboxylic acid groups (broad SMARTS) is 1. The first kappa shape index (κ1) is 13.5. The van der Waals surface area contributed by atoms with Crippen molar-refractivity contribution in [2.75, 3.05) is 5.32 Å². The van der Waals surface area contributed by atoms with Crippen LogP contribution in [0.5, 0.6) is 0 Å². The number of benzene rings is 1. The van der Waals surface area contributed by atoms with Gasteiger partial charge in [0.1, 0.15) is 5.82 Å². The number of hydrogen-bond acceptors (Lipinski definition) is 2. The fourth-order valence-electron chi connectivity index (χ4n) is 1.72. The summed E-state index contributed by atoms with van der Waals surface area (Å²) in [6.45, 7) is 4.08. The summed E-state index contributed by atoms with van der Waals surface area (Å²) in [7, 11) is 0. The lowest BCUT2D eigenvalue weighted by Gasteiger charge is -2.18. The van der Waals surface area contributed by atoms with Gasteiger partial charge in [-0.05, 0) is 31.0 Å². The highest BCUT2D eigenvalue weighted by Gasteiger charge is 2.11. The average Bonchev–Trinajstić information content (AvgIpc) is 2.30. The van der Waals surface area contributed by atoms with E-state index in [0.29, 0.717) is 0 Å². The monoisotopic (exact) mass is 239 g/mol. The van der Waals surface area contributed by atoms with E-state index in [1.807, 2.05) is 6.92 Å². The standard InChI is InChI=1S/C13H18FNO2/c1-3-5-10(4-2)15-12-8-9(13(16)17)6-7-11(12)14/h6-8,10,15H,3-5H2,1-2H3,(H,16,17). The Bertz CT molecular complexity index is 393. The first-order valence-corrected chi connectivity index (χ1v) is 5.87. The van der Waals surface area contributed by atoms with Crippen molar-refractivity contribution in [3.05, 3.63) is 29.6 Å². The quantitative estimate of drug-likeness (QED) is 0.798. The SMILES string of the molecule is CCCC(CC)Nc1cc(C(=O)O)ccc1F. The molecular formula is C13H18FNO2. The zero-order chi connectivity index (χ0) is 12.8. The molecule has 3 nitrogen and oxygen atoms in total. The second-order valence-electron chi connectivity index (χ2n) is 4.04. The van der Waals surface area contributed by atoms with Crippen molar-refractivity contribution in [2.24, 2.45) is 0 Å². The summed E-state index contributed by atoms with van der Waals surface area (Å²) in [6.07, 6.45) is 2.82. The van der Waals surface area contributed by atoms with Crippen LogP contribution in [0.3, 0.4) is 0 Å². The Balaban J connectivity index is 2.88. The third-order valence-electron chi connectivity index (χ3n) is 2.70. The van der Waals surface area contributed by atoms with E-state index in [-0.39, 0.29) is 17.3 Å². The maximum Gasteiger partial charge on any atom is 0.335 e. The maximum absolute atomic E-state index is 13.5. The van der Waals surface area contributed by atoms with Crippen molar-refractivity contribution in [3.8, 4) is 0 Å². The number of carbonyl (C=O) groups is 1. The van der Waals surface area contributed by atoms with Crippen LogP contribution in [0.2, 0.25) is 0 Å². The number of carboxylic acids is 1. The second kappa shape index (κ2) is 6.23. The van der Waals surface area contributed by atoms with Crippen LogP contribution in [-0.2, 0) is 0 Å². The molecule has 0 aliphatic heterocycles. The molecule has 1 atom stereocenters. The molecule has 0 saturated carbocycles. The van der Waals surface area contributed by atoms with Crippen LogP contribution in [0.25, 0.3) is 0 Å². The Morgan fingerprint density at radius 1 is 1.47 bits per heavy atom. The Hall–Kier alpha value is -1.58. The number of halogens is 1. The van der Waals surface area contributed by atoms with Gasteiger partial charge in [0.25, 0.3) is 0 Å². The van der Waals surface area contributed by atoms with Crippen molar-refractivity contribution in [1.82, 2.24) is 0 Å². The van der Waals surface area contributed by atoms with Crippen LogP contribution in [0, 0.1) is 5.82 Å². The van der Waals surface area contributed by atoms with E-state index in [1.54, 1.807) is 0 Å². The Morgan fingerprint density at radius 3 is 2.71 bits per heavy atom. The first-order chi connectivity index (χ1) is 8.08. The molecule has 0 heterocycles. The molecule has 1 aromatic rings. The van der Waals surface area contributed by atoms with E-state index in [9.17, 15) is 9.18 Å². The molecule has 0 spiro atoms. The van der Waals surface area contributed by atoms with Crippen LogP contribution in [0.4, 0.5) is 10.1 Å². The zero-order valence-corrected chi connectivity index (χ0v) is 10.2. The summed E-state index contributed by atoms with van der Waals surface area (Å²) < 4.78 is 13.5. The van der Waals surface area contributed by atoms with E-state index in [4.69, 9.17) is 5.11 Å². The molecule has 94 valence electrons. The third-order valence-corrected chi connectivity index (χ3v) is 2.70. The van der Waals surface area contributed by atoms with Crippen LogP contribution in [0.15, 0.2) is 18.2 Å². The molecule has 0 aliphatic rings. The molecule has 0 amide bonds. The van der Waals surface area contributed by atoms with Crippen molar-refractivity contribution in [3.63, 3.8) is 0 Å². The summed E-state index contributed by atoms with van der Waals surface area (Å²) in [6, 6.07) is 3.97. The molecule has 4 heteroatoms. The summed E-state index contributed by atoms with van der Waals surface area (Å²) in [4.78, 5) is 10.8. The van der Waals surface area contributed by atoms with Gasteiger partial charge < -0.3 is 10.4 Å². The molecular weight excluding hydrogens is 221 g/mol. The van der Waals surface area contributed by atoms with Gasteiger partial charge in [0.15, 0.2) is 0 Å². The molecule has 0 saturated heterocycles. The molecule has 1 unspecified atom stereocenters. The molecule has 0 bridgehead atoms. The summed E-state index contributed by atoms with van der Waals surface area (Å²) in [5.74, 6) is -1.46. The molecule has 0 fully saturated rings. The number of anilines is 1. The molecule has 0 aliphatic carbocycles. The highest BCUT2D eigenvalue weighted by molar-refractivity contribution is 5.88. The number of aromatic carboxylic acids is 1. The molecule has 1 rings (SSSR count). The van der Waals surface area contributed by atoms with Gasteiger partial charge in [-0.25, -0.2) is 9.18 Å². The fraction of sp³-hybridized carbons (Fsp3) is 0.462. The van der Waals surface area contributed by atoms with E-state index >= 15 is 0 Å². The third kappa shape index (κ3) is 3.73. The summed E-state index contributed by atoms with van der Waals surface area (Å²) in [5, 5.41) is 11.9. The normalized spacial score (nSPS) is 12.2.